The Morgan fingerprint density at radius 3 is 2.42 bits per heavy atom. The van der Waals surface area contributed by atoms with Gasteiger partial charge in [0.15, 0.2) is 0 Å². The first-order valence-electron chi connectivity index (χ1n) is 7.52. The van der Waals surface area contributed by atoms with Crippen LogP contribution in [-0.4, -0.2) is 29.3 Å². The average Bonchev–Trinajstić information content (AvgIpc) is 2.57. The number of phenols is 1. The predicted octanol–water partition coefficient (Wildman–Crippen LogP) is 4.66. The molecule has 24 heavy (non-hydrogen) atoms. The lowest BCUT2D eigenvalue weighted by atomic mass is 10.2. The summed E-state index contributed by atoms with van der Waals surface area (Å²) in [6, 6.07) is 10.5. The van der Waals surface area contributed by atoms with Crippen LogP contribution in [0.25, 0.3) is 0 Å². The van der Waals surface area contributed by atoms with Crippen molar-refractivity contribution in [1.29, 1.82) is 0 Å². The summed E-state index contributed by atoms with van der Waals surface area (Å²) in [4.78, 5) is 16.8. The number of aliphatic imine (C=N–C) groups is 1. The minimum Gasteiger partial charge on any atom is -0.502 e. The van der Waals surface area contributed by atoms with Crippen LogP contribution in [0.1, 0.15) is 19.4 Å². The maximum absolute atomic E-state index is 10.9. The number of hydrogen-bond donors (Lipinski definition) is 1. The van der Waals surface area contributed by atoms with Crippen molar-refractivity contribution in [3.8, 4) is 5.75 Å². The van der Waals surface area contributed by atoms with Gasteiger partial charge in [-0.2, -0.15) is 0 Å². The molecule has 0 aliphatic heterocycles. The van der Waals surface area contributed by atoms with Crippen molar-refractivity contribution in [3.05, 3.63) is 56.5 Å². The van der Waals surface area contributed by atoms with Gasteiger partial charge in [0.1, 0.15) is 0 Å². The van der Waals surface area contributed by atoms with Crippen LogP contribution in [0.3, 0.4) is 0 Å². The Balaban J connectivity index is 2.27. The summed E-state index contributed by atoms with van der Waals surface area (Å²) in [7, 11) is 0. The largest absolute Gasteiger partial charge is 0.502 e. The number of nitrogens with zero attached hydrogens (tertiary/aromatic N) is 3. The molecule has 0 aliphatic carbocycles. The third-order valence-electron chi connectivity index (χ3n) is 3.61. The summed E-state index contributed by atoms with van der Waals surface area (Å²) < 4.78 is 0.505. The zero-order valence-electron chi connectivity index (χ0n) is 13.4. The molecule has 0 radical (unpaired) electrons. The summed E-state index contributed by atoms with van der Waals surface area (Å²) in [5.74, 6) is -0.397. The highest BCUT2D eigenvalue weighted by molar-refractivity contribution is 9.10. The molecule has 1 N–H and O–H groups in total. The first-order chi connectivity index (χ1) is 11.5. The molecule has 0 atom stereocenters. The predicted molar refractivity (Wildman–Crippen MR) is 99.7 cm³/mol. The Morgan fingerprint density at radius 1 is 1.25 bits per heavy atom. The molecule has 0 saturated carbocycles. The zero-order chi connectivity index (χ0) is 17.7. The van der Waals surface area contributed by atoms with E-state index >= 15 is 0 Å². The summed E-state index contributed by atoms with van der Waals surface area (Å²) in [6.45, 7) is 6.04. The standard InChI is InChI=1S/C17H18BrN3O3/c1-3-20(4-2)15-7-5-14(6-8-15)19-11-12-9-13(18)10-16(17(12)22)21(23)24/h5-11,22H,3-4H2,1-2H3. The summed E-state index contributed by atoms with van der Waals surface area (Å²) >= 11 is 3.20. The van der Waals surface area contributed by atoms with Crippen molar-refractivity contribution in [2.75, 3.05) is 18.0 Å². The molecule has 2 aromatic carbocycles. The summed E-state index contributed by atoms with van der Waals surface area (Å²) in [5.41, 5.74) is 1.74. The minimum absolute atomic E-state index is 0.281. The highest BCUT2D eigenvalue weighted by Gasteiger charge is 2.17. The summed E-state index contributed by atoms with van der Waals surface area (Å²) in [5, 5.41) is 20.9. The van der Waals surface area contributed by atoms with Gasteiger partial charge in [-0.1, -0.05) is 15.9 Å². The topological polar surface area (TPSA) is 79.0 Å². The Kier molecular flexibility index (Phi) is 5.92. The minimum atomic E-state index is -0.629. The monoisotopic (exact) mass is 391 g/mol. The van der Waals surface area contributed by atoms with Gasteiger partial charge in [0.25, 0.3) is 0 Å². The molecule has 0 unspecified atom stereocenters. The van der Waals surface area contributed by atoms with E-state index in [1.165, 1.54) is 12.3 Å². The van der Waals surface area contributed by atoms with Crippen molar-refractivity contribution in [1.82, 2.24) is 0 Å². The number of hydrogen-bond acceptors (Lipinski definition) is 5. The normalized spacial score (nSPS) is 11.0. The molecule has 126 valence electrons. The maximum Gasteiger partial charge on any atom is 0.312 e. The quantitative estimate of drug-likeness (QED) is 0.441. The zero-order valence-corrected chi connectivity index (χ0v) is 15.0. The van der Waals surface area contributed by atoms with Crippen LogP contribution in [0.4, 0.5) is 17.1 Å². The molecular formula is C17H18BrN3O3. The smallest absolute Gasteiger partial charge is 0.312 e. The van der Waals surface area contributed by atoms with Crippen LogP contribution < -0.4 is 4.90 Å². The third-order valence-corrected chi connectivity index (χ3v) is 4.07. The number of halogens is 1. The Bertz CT molecular complexity index is 756. The Morgan fingerprint density at radius 2 is 1.88 bits per heavy atom. The van der Waals surface area contributed by atoms with Crippen LogP contribution >= 0.6 is 15.9 Å². The van der Waals surface area contributed by atoms with Gasteiger partial charge >= 0.3 is 5.69 Å². The second-order valence-electron chi connectivity index (χ2n) is 5.07. The highest BCUT2D eigenvalue weighted by Crippen LogP contribution is 2.32. The van der Waals surface area contributed by atoms with Crippen LogP contribution in [0, 0.1) is 10.1 Å². The van der Waals surface area contributed by atoms with E-state index in [9.17, 15) is 15.2 Å². The first kappa shape index (κ1) is 17.9. The van der Waals surface area contributed by atoms with E-state index in [-0.39, 0.29) is 11.3 Å². The van der Waals surface area contributed by atoms with Crippen LogP contribution in [0.5, 0.6) is 5.75 Å². The second-order valence-corrected chi connectivity index (χ2v) is 5.98. The van der Waals surface area contributed by atoms with Gasteiger partial charge in [0.2, 0.25) is 5.75 Å². The molecule has 0 aliphatic rings. The van der Waals surface area contributed by atoms with Gasteiger partial charge in [-0.3, -0.25) is 15.1 Å². The van der Waals surface area contributed by atoms with E-state index in [1.54, 1.807) is 6.07 Å². The number of rotatable bonds is 6. The molecule has 2 aromatic rings. The SMILES string of the molecule is CCN(CC)c1ccc(N=Cc2cc(Br)cc([N+](=O)[O-])c2O)cc1. The fourth-order valence-electron chi connectivity index (χ4n) is 2.33. The van der Waals surface area contributed by atoms with E-state index in [4.69, 9.17) is 0 Å². The van der Waals surface area contributed by atoms with Crippen molar-refractivity contribution in [3.63, 3.8) is 0 Å². The fraction of sp³-hybridized carbons (Fsp3) is 0.235. The molecule has 0 aromatic heterocycles. The fourth-order valence-corrected chi connectivity index (χ4v) is 2.79. The molecule has 0 heterocycles. The highest BCUT2D eigenvalue weighted by atomic mass is 79.9. The molecule has 0 bridgehead atoms. The lowest BCUT2D eigenvalue weighted by molar-refractivity contribution is -0.385. The molecule has 0 fully saturated rings. The number of nitro groups is 1. The van der Waals surface area contributed by atoms with Crippen molar-refractivity contribution in [2.24, 2.45) is 4.99 Å². The molecule has 6 nitrogen and oxygen atoms in total. The molecule has 0 amide bonds. The molecule has 0 spiro atoms. The molecule has 2 rings (SSSR count). The molecule has 0 saturated heterocycles. The van der Waals surface area contributed by atoms with E-state index < -0.39 is 10.7 Å². The lowest BCUT2D eigenvalue weighted by Gasteiger charge is -2.20. The van der Waals surface area contributed by atoms with Crippen LogP contribution in [-0.2, 0) is 0 Å². The van der Waals surface area contributed by atoms with Crippen molar-refractivity contribution in [2.45, 2.75) is 13.8 Å². The van der Waals surface area contributed by atoms with Gasteiger partial charge in [-0.05, 0) is 44.2 Å². The Hall–Kier alpha value is -2.41. The van der Waals surface area contributed by atoms with Crippen molar-refractivity contribution < 1.29 is 10.0 Å². The second kappa shape index (κ2) is 7.92. The molecular weight excluding hydrogens is 374 g/mol. The number of anilines is 1. The van der Waals surface area contributed by atoms with E-state index in [2.05, 4.69) is 39.7 Å². The first-order valence-corrected chi connectivity index (χ1v) is 8.31. The van der Waals surface area contributed by atoms with Gasteiger partial charge in [-0.15, -0.1) is 0 Å². The number of phenolic OH excluding ortho intramolecular Hbond substituents is 1. The maximum atomic E-state index is 10.9. The van der Waals surface area contributed by atoms with Crippen LogP contribution in [0.15, 0.2) is 45.9 Å². The van der Waals surface area contributed by atoms with Gasteiger partial charge < -0.3 is 10.0 Å². The molecule has 7 heteroatoms. The van der Waals surface area contributed by atoms with Crippen LogP contribution in [0.2, 0.25) is 0 Å². The van der Waals surface area contributed by atoms with Gasteiger partial charge in [-0.25, -0.2) is 0 Å². The number of aromatic hydroxyl groups is 1. The lowest BCUT2D eigenvalue weighted by Crippen LogP contribution is -2.21. The third kappa shape index (κ3) is 4.11. The summed E-state index contributed by atoms with van der Waals surface area (Å²) in [6.07, 6.45) is 1.42. The van der Waals surface area contributed by atoms with E-state index in [0.29, 0.717) is 10.2 Å². The van der Waals surface area contributed by atoms with E-state index in [0.717, 1.165) is 18.8 Å². The van der Waals surface area contributed by atoms with Crippen molar-refractivity contribution >= 4 is 39.2 Å². The van der Waals surface area contributed by atoms with Gasteiger partial charge in [0, 0.05) is 41.1 Å². The number of nitro benzene ring substituents is 1. The number of benzene rings is 2. The van der Waals surface area contributed by atoms with E-state index in [1.807, 2.05) is 24.3 Å². The average molecular weight is 392 g/mol. The Labute approximate surface area is 148 Å². The van der Waals surface area contributed by atoms with Gasteiger partial charge in [0.05, 0.1) is 10.6 Å².